The Morgan fingerprint density at radius 2 is 1.68 bits per heavy atom. The first-order valence-electron chi connectivity index (χ1n) is 10.4. The van der Waals surface area contributed by atoms with E-state index in [4.69, 9.17) is 0 Å². The lowest BCUT2D eigenvalue weighted by atomic mass is 9.93. The quantitative estimate of drug-likeness (QED) is 0.230. The van der Waals surface area contributed by atoms with Crippen molar-refractivity contribution < 1.29 is 23.5 Å². The second-order valence-electron chi connectivity index (χ2n) is 8.15. The lowest BCUT2D eigenvalue weighted by Crippen LogP contribution is -2.29. The lowest BCUT2D eigenvalue weighted by Gasteiger charge is -2.23. The third-order valence-corrected chi connectivity index (χ3v) is 6.84. The van der Waals surface area contributed by atoms with Crippen LogP contribution < -0.4 is 4.90 Å². The Morgan fingerprint density at radius 3 is 2.41 bits per heavy atom. The number of amides is 1. The van der Waals surface area contributed by atoms with Gasteiger partial charge >= 0.3 is 5.91 Å². The zero-order valence-corrected chi connectivity index (χ0v) is 19.0. The molecule has 1 atom stereocenters. The molecular formula is C26H18F2N2O3S. The molecule has 0 saturated carbocycles. The maximum Gasteiger partial charge on any atom is 0.301 e. The number of aliphatic hydroxyl groups is 1. The Kier molecular flexibility index (Phi) is 5.25. The average Bonchev–Trinajstić information content (AvgIpc) is 3.33. The highest BCUT2D eigenvalue weighted by atomic mass is 32.1. The SMILES string of the molecule is Cc1ccc(C)c(/C(O)=C2\C(=O)C(=O)N(c3nc4ccc(F)cc4s3)C2c2ccc(F)cc2)c1. The molecule has 1 saturated heterocycles. The standard InChI is InChI=1S/C26H18F2N2O3S/c1-13-3-4-14(2)18(11-13)23(31)21-22(15-5-7-16(27)8-6-15)30(25(33)24(21)32)26-29-19-10-9-17(28)12-20(19)34-26/h3-12,22,31H,1-2H3/b23-21+. The summed E-state index contributed by atoms with van der Waals surface area (Å²) in [5.74, 6) is -3.00. The first-order chi connectivity index (χ1) is 16.2. The number of benzene rings is 3. The predicted molar refractivity (Wildman–Crippen MR) is 127 cm³/mol. The number of aromatic nitrogens is 1. The molecule has 1 amide bonds. The highest BCUT2D eigenvalue weighted by Crippen LogP contribution is 2.44. The van der Waals surface area contributed by atoms with Gasteiger partial charge in [0.1, 0.15) is 17.4 Å². The summed E-state index contributed by atoms with van der Waals surface area (Å²) < 4.78 is 27.9. The normalized spacial score (nSPS) is 17.6. The van der Waals surface area contributed by atoms with Gasteiger partial charge in [-0.15, -0.1) is 0 Å². The van der Waals surface area contributed by atoms with Gasteiger partial charge in [-0.2, -0.15) is 0 Å². The van der Waals surface area contributed by atoms with Crippen molar-refractivity contribution in [2.45, 2.75) is 19.9 Å². The van der Waals surface area contributed by atoms with Crippen molar-refractivity contribution in [2.75, 3.05) is 4.90 Å². The molecule has 0 spiro atoms. The number of Topliss-reactive ketones (excluding diaryl/α,β-unsaturated/α-hetero) is 1. The fourth-order valence-corrected chi connectivity index (χ4v) is 5.13. The predicted octanol–water partition coefficient (Wildman–Crippen LogP) is 5.82. The van der Waals surface area contributed by atoms with Crippen molar-refractivity contribution in [3.63, 3.8) is 0 Å². The van der Waals surface area contributed by atoms with Gasteiger partial charge in [-0.3, -0.25) is 14.5 Å². The lowest BCUT2D eigenvalue weighted by molar-refractivity contribution is -0.132. The van der Waals surface area contributed by atoms with E-state index in [-0.39, 0.29) is 16.5 Å². The molecule has 0 radical (unpaired) electrons. The van der Waals surface area contributed by atoms with Crippen LogP contribution in [0, 0.1) is 25.5 Å². The number of rotatable bonds is 3. The van der Waals surface area contributed by atoms with Gasteiger partial charge in [0.25, 0.3) is 5.78 Å². The van der Waals surface area contributed by atoms with Crippen LogP contribution in [0.1, 0.15) is 28.3 Å². The van der Waals surface area contributed by atoms with E-state index in [9.17, 15) is 23.5 Å². The molecule has 0 aliphatic carbocycles. The molecule has 1 aliphatic rings. The zero-order valence-electron chi connectivity index (χ0n) is 18.2. The molecular weight excluding hydrogens is 458 g/mol. The Balaban J connectivity index is 1.76. The van der Waals surface area contributed by atoms with Crippen LogP contribution in [0.5, 0.6) is 0 Å². The fraction of sp³-hybridized carbons (Fsp3) is 0.115. The second kappa shape index (κ2) is 8.14. The maximum absolute atomic E-state index is 13.7. The first kappa shape index (κ1) is 21.9. The number of carbonyl (C=O) groups is 2. The summed E-state index contributed by atoms with van der Waals surface area (Å²) in [5, 5.41) is 11.5. The van der Waals surface area contributed by atoms with E-state index >= 15 is 0 Å². The van der Waals surface area contributed by atoms with Crippen LogP contribution in [0.25, 0.3) is 16.0 Å². The minimum Gasteiger partial charge on any atom is -0.507 e. The van der Waals surface area contributed by atoms with E-state index in [0.29, 0.717) is 21.3 Å². The number of hydrogen-bond donors (Lipinski definition) is 1. The number of carbonyl (C=O) groups excluding carboxylic acids is 2. The van der Waals surface area contributed by atoms with Crippen LogP contribution in [-0.4, -0.2) is 21.8 Å². The van der Waals surface area contributed by atoms with Crippen LogP contribution in [0.2, 0.25) is 0 Å². The summed E-state index contributed by atoms with van der Waals surface area (Å²) in [4.78, 5) is 32.1. The molecule has 1 aliphatic heterocycles. The van der Waals surface area contributed by atoms with Gasteiger partial charge in [-0.05, 0) is 61.4 Å². The van der Waals surface area contributed by atoms with Crippen molar-refractivity contribution >= 4 is 44.1 Å². The number of anilines is 1. The number of thiazole rings is 1. The number of halogens is 2. The monoisotopic (exact) mass is 476 g/mol. The molecule has 4 aromatic rings. The molecule has 34 heavy (non-hydrogen) atoms. The van der Waals surface area contributed by atoms with Crippen LogP contribution >= 0.6 is 11.3 Å². The minimum atomic E-state index is -1.04. The number of nitrogens with zero attached hydrogens (tertiary/aromatic N) is 2. The van der Waals surface area contributed by atoms with Crippen LogP contribution in [0.3, 0.4) is 0 Å². The topological polar surface area (TPSA) is 70.5 Å². The number of aliphatic hydroxyl groups excluding tert-OH is 1. The highest BCUT2D eigenvalue weighted by Gasteiger charge is 2.48. The summed E-state index contributed by atoms with van der Waals surface area (Å²) in [6, 6.07) is 13.8. The fourth-order valence-electron chi connectivity index (χ4n) is 4.12. The Morgan fingerprint density at radius 1 is 0.971 bits per heavy atom. The largest absolute Gasteiger partial charge is 0.507 e. The zero-order chi connectivity index (χ0) is 24.1. The molecule has 2 heterocycles. The summed E-state index contributed by atoms with van der Waals surface area (Å²) in [6.07, 6.45) is 0. The summed E-state index contributed by atoms with van der Waals surface area (Å²) in [6.45, 7) is 3.64. The molecule has 1 unspecified atom stereocenters. The van der Waals surface area contributed by atoms with Crippen molar-refractivity contribution in [3.8, 4) is 0 Å². The summed E-state index contributed by atoms with van der Waals surface area (Å²) >= 11 is 1.05. The van der Waals surface area contributed by atoms with E-state index in [2.05, 4.69) is 4.98 Å². The van der Waals surface area contributed by atoms with Crippen LogP contribution in [-0.2, 0) is 9.59 Å². The number of aryl methyl sites for hydroxylation is 2. The van der Waals surface area contributed by atoms with Crippen molar-refractivity contribution in [3.05, 3.63) is 100 Å². The van der Waals surface area contributed by atoms with Crippen molar-refractivity contribution in [1.82, 2.24) is 4.98 Å². The van der Waals surface area contributed by atoms with Gasteiger partial charge in [0, 0.05) is 5.56 Å². The number of ketones is 1. The summed E-state index contributed by atoms with van der Waals surface area (Å²) in [7, 11) is 0. The molecule has 8 heteroatoms. The highest BCUT2D eigenvalue weighted by molar-refractivity contribution is 7.22. The van der Waals surface area contributed by atoms with Crippen molar-refractivity contribution in [1.29, 1.82) is 0 Å². The molecule has 3 aromatic carbocycles. The first-order valence-corrected chi connectivity index (χ1v) is 11.3. The van der Waals surface area contributed by atoms with Gasteiger partial charge in [-0.1, -0.05) is 41.2 Å². The van der Waals surface area contributed by atoms with Gasteiger partial charge in [0.15, 0.2) is 5.13 Å². The van der Waals surface area contributed by atoms with E-state index < -0.39 is 29.4 Å². The third-order valence-electron chi connectivity index (χ3n) is 5.82. The maximum atomic E-state index is 13.7. The molecule has 1 N–H and O–H groups in total. The Labute approximate surface area is 197 Å². The minimum absolute atomic E-state index is 0.115. The van der Waals surface area contributed by atoms with E-state index in [1.165, 1.54) is 47.4 Å². The third kappa shape index (κ3) is 3.56. The van der Waals surface area contributed by atoms with Gasteiger partial charge in [0.05, 0.1) is 21.8 Å². The Bertz CT molecular complexity index is 1510. The van der Waals surface area contributed by atoms with Gasteiger partial charge in [0.2, 0.25) is 0 Å². The van der Waals surface area contributed by atoms with Crippen molar-refractivity contribution in [2.24, 2.45) is 0 Å². The van der Waals surface area contributed by atoms with E-state index in [1.807, 2.05) is 19.1 Å². The molecule has 5 nitrogen and oxygen atoms in total. The smallest absolute Gasteiger partial charge is 0.301 e. The number of hydrogen-bond acceptors (Lipinski definition) is 5. The molecule has 5 rings (SSSR count). The number of fused-ring (bicyclic) bond motifs is 1. The summed E-state index contributed by atoms with van der Waals surface area (Å²) in [5.41, 5.74) is 2.80. The van der Waals surface area contributed by atoms with Gasteiger partial charge < -0.3 is 5.11 Å². The molecule has 0 bridgehead atoms. The molecule has 1 fully saturated rings. The second-order valence-corrected chi connectivity index (χ2v) is 9.16. The van der Waals surface area contributed by atoms with E-state index in [0.717, 1.165) is 22.5 Å². The van der Waals surface area contributed by atoms with E-state index in [1.54, 1.807) is 13.0 Å². The molecule has 1 aromatic heterocycles. The van der Waals surface area contributed by atoms with Crippen LogP contribution in [0.4, 0.5) is 13.9 Å². The van der Waals surface area contributed by atoms with Crippen LogP contribution in [0.15, 0.2) is 66.2 Å². The Hall–Kier alpha value is -3.91. The van der Waals surface area contributed by atoms with Gasteiger partial charge in [-0.25, -0.2) is 13.8 Å². The average molecular weight is 477 g/mol. The molecule has 170 valence electrons.